The van der Waals surface area contributed by atoms with Crippen LogP contribution in [0.15, 0.2) is 18.2 Å². The van der Waals surface area contributed by atoms with Crippen LogP contribution in [0, 0.1) is 5.92 Å². The number of amides is 1. The predicted octanol–water partition coefficient (Wildman–Crippen LogP) is 3.17. The van der Waals surface area contributed by atoms with Crippen molar-refractivity contribution in [3.05, 3.63) is 18.2 Å². The summed E-state index contributed by atoms with van der Waals surface area (Å²) in [5, 5.41) is 3.00. The van der Waals surface area contributed by atoms with Gasteiger partial charge in [-0.15, -0.1) is 0 Å². The molecule has 1 aromatic carbocycles. The summed E-state index contributed by atoms with van der Waals surface area (Å²) < 4.78 is 15.8. The molecule has 6 nitrogen and oxygen atoms in total. The summed E-state index contributed by atoms with van der Waals surface area (Å²) in [6.07, 6.45) is 4.62. The molecule has 1 heterocycles. The number of hydrogen-bond acceptors (Lipinski definition) is 5. The number of anilines is 1. The van der Waals surface area contributed by atoms with Gasteiger partial charge in [-0.25, -0.2) is 0 Å². The van der Waals surface area contributed by atoms with Crippen molar-refractivity contribution < 1.29 is 19.0 Å². The van der Waals surface area contributed by atoms with Crippen LogP contribution in [-0.2, 0) is 9.53 Å². The Labute approximate surface area is 156 Å². The van der Waals surface area contributed by atoms with Gasteiger partial charge in [-0.05, 0) is 50.8 Å². The molecule has 2 rings (SSSR count). The standard InChI is InChI=1S/C20H32N2O4/c1-15(22-11-6-5-7-16(14-22)10-12-24-2)20(23)21-17-8-9-18(25-3)19(13-17)26-4/h8-9,13,15-16H,5-7,10-12,14H2,1-4H3,(H,21,23). The first-order valence-electron chi connectivity index (χ1n) is 9.35. The molecule has 0 spiro atoms. The quantitative estimate of drug-likeness (QED) is 0.768. The number of carbonyl (C=O) groups excluding carboxylic acids is 1. The Morgan fingerprint density at radius 3 is 2.69 bits per heavy atom. The molecule has 0 saturated carbocycles. The number of carbonyl (C=O) groups is 1. The van der Waals surface area contributed by atoms with Crippen molar-refractivity contribution in [1.82, 2.24) is 4.90 Å². The summed E-state index contributed by atoms with van der Waals surface area (Å²) in [6.45, 7) is 4.67. The molecule has 0 aliphatic carbocycles. The fourth-order valence-electron chi connectivity index (χ4n) is 3.46. The maximum atomic E-state index is 12.7. The Kier molecular flexibility index (Phi) is 8.19. The number of likely N-dealkylation sites (tertiary alicyclic amines) is 1. The van der Waals surface area contributed by atoms with Crippen LogP contribution in [0.5, 0.6) is 11.5 Å². The van der Waals surface area contributed by atoms with E-state index in [1.165, 1.54) is 12.8 Å². The molecular formula is C20H32N2O4. The van der Waals surface area contributed by atoms with E-state index in [1.54, 1.807) is 33.5 Å². The lowest BCUT2D eigenvalue weighted by Gasteiger charge is -2.29. The topological polar surface area (TPSA) is 60.0 Å². The number of nitrogens with one attached hydrogen (secondary N) is 1. The Morgan fingerprint density at radius 2 is 2.00 bits per heavy atom. The molecule has 1 amide bonds. The third-order valence-electron chi connectivity index (χ3n) is 5.11. The molecule has 2 atom stereocenters. The number of nitrogens with zero attached hydrogens (tertiary/aromatic N) is 1. The van der Waals surface area contributed by atoms with E-state index < -0.39 is 0 Å². The summed E-state index contributed by atoms with van der Waals surface area (Å²) in [4.78, 5) is 15.0. The van der Waals surface area contributed by atoms with Crippen LogP contribution in [-0.4, -0.2) is 57.9 Å². The van der Waals surface area contributed by atoms with Crippen molar-refractivity contribution >= 4 is 11.6 Å². The van der Waals surface area contributed by atoms with Crippen molar-refractivity contribution in [2.24, 2.45) is 5.92 Å². The molecule has 1 aliphatic heterocycles. The number of rotatable bonds is 8. The van der Waals surface area contributed by atoms with Gasteiger partial charge in [0.1, 0.15) is 0 Å². The fraction of sp³-hybridized carbons (Fsp3) is 0.650. The number of methoxy groups -OCH3 is 3. The van der Waals surface area contributed by atoms with Gasteiger partial charge in [-0.2, -0.15) is 0 Å². The molecule has 1 aromatic rings. The van der Waals surface area contributed by atoms with Gasteiger partial charge >= 0.3 is 0 Å². The van der Waals surface area contributed by atoms with Crippen LogP contribution >= 0.6 is 0 Å². The normalized spacial score (nSPS) is 19.5. The van der Waals surface area contributed by atoms with Crippen LogP contribution in [0.25, 0.3) is 0 Å². The second kappa shape index (κ2) is 10.4. The molecule has 1 fully saturated rings. The lowest BCUT2D eigenvalue weighted by atomic mass is 10.00. The molecule has 0 aromatic heterocycles. The van der Waals surface area contributed by atoms with E-state index in [1.807, 2.05) is 13.0 Å². The Bertz CT molecular complexity index is 579. The summed E-state index contributed by atoms with van der Waals surface area (Å²) >= 11 is 0. The smallest absolute Gasteiger partial charge is 0.241 e. The number of hydrogen-bond donors (Lipinski definition) is 1. The van der Waals surface area contributed by atoms with Gasteiger partial charge in [0.05, 0.1) is 20.3 Å². The maximum Gasteiger partial charge on any atom is 0.241 e. The Hall–Kier alpha value is -1.79. The first kappa shape index (κ1) is 20.5. The van der Waals surface area contributed by atoms with Gasteiger partial charge in [0.2, 0.25) is 5.91 Å². The van der Waals surface area contributed by atoms with E-state index >= 15 is 0 Å². The maximum absolute atomic E-state index is 12.7. The number of ether oxygens (including phenoxy) is 3. The van der Waals surface area contributed by atoms with E-state index in [-0.39, 0.29) is 11.9 Å². The second-order valence-electron chi connectivity index (χ2n) is 6.87. The minimum Gasteiger partial charge on any atom is -0.493 e. The van der Waals surface area contributed by atoms with E-state index in [4.69, 9.17) is 14.2 Å². The van der Waals surface area contributed by atoms with Crippen LogP contribution in [0.1, 0.15) is 32.6 Å². The van der Waals surface area contributed by atoms with E-state index in [9.17, 15) is 4.79 Å². The van der Waals surface area contributed by atoms with Gasteiger partial charge < -0.3 is 19.5 Å². The lowest BCUT2D eigenvalue weighted by Crippen LogP contribution is -2.44. The summed E-state index contributed by atoms with van der Waals surface area (Å²) in [5.41, 5.74) is 0.713. The predicted molar refractivity (Wildman–Crippen MR) is 103 cm³/mol. The average Bonchev–Trinajstić information content (AvgIpc) is 2.91. The van der Waals surface area contributed by atoms with Crippen LogP contribution < -0.4 is 14.8 Å². The molecule has 26 heavy (non-hydrogen) atoms. The zero-order valence-electron chi connectivity index (χ0n) is 16.4. The fourth-order valence-corrected chi connectivity index (χ4v) is 3.46. The van der Waals surface area contributed by atoms with Gasteiger partial charge in [0, 0.05) is 32.0 Å². The third-order valence-corrected chi connectivity index (χ3v) is 5.11. The molecule has 0 radical (unpaired) electrons. The van der Waals surface area contributed by atoms with Crippen LogP contribution in [0.2, 0.25) is 0 Å². The van der Waals surface area contributed by atoms with Crippen molar-refractivity contribution in [2.75, 3.05) is 46.3 Å². The largest absolute Gasteiger partial charge is 0.493 e. The number of benzene rings is 1. The van der Waals surface area contributed by atoms with Crippen molar-refractivity contribution in [1.29, 1.82) is 0 Å². The third kappa shape index (κ3) is 5.61. The Morgan fingerprint density at radius 1 is 1.23 bits per heavy atom. The van der Waals surface area contributed by atoms with Crippen molar-refractivity contribution in [3.8, 4) is 11.5 Å². The van der Waals surface area contributed by atoms with Gasteiger partial charge in [0.25, 0.3) is 0 Å². The van der Waals surface area contributed by atoms with Gasteiger partial charge in [-0.3, -0.25) is 9.69 Å². The van der Waals surface area contributed by atoms with Crippen molar-refractivity contribution in [2.45, 2.75) is 38.6 Å². The molecule has 1 saturated heterocycles. The summed E-state index contributed by atoms with van der Waals surface area (Å²) in [6, 6.07) is 5.24. The summed E-state index contributed by atoms with van der Waals surface area (Å²) in [5.74, 6) is 1.85. The highest BCUT2D eigenvalue weighted by atomic mass is 16.5. The molecule has 0 bridgehead atoms. The SMILES string of the molecule is COCCC1CCCCN(C(C)C(=O)Nc2ccc(OC)c(OC)c2)C1. The van der Waals surface area contributed by atoms with E-state index in [2.05, 4.69) is 10.2 Å². The molecule has 1 N–H and O–H groups in total. The summed E-state index contributed by atoms with van der Waals surface area (Å²) in [7, 11) is 4.93. The van der Waals surface area contributed by atoms with Crippen LogP contribution in [0.4, 0.5) is 5.69 Å². The van der Waals surface area contributed by atoms with Gasteiger partial charge in [-0.1, -0.05) is 6.42 Å². The highest BCUT2D eigenvalue weighted by Gasteiger charge is 2.26. The first-order chi connectivity index (χ1) is 12.6. The zero-order chi connectivity index (χ0) is 18.9. The van der Waals surface area contributed by atoms with Crippen LogP contribution in [0.3, 0.4) is 0 Å². The minimum atomic E-state index is -0.175. The second-order valence-corrected chi connectivity index (χ2v) is 6.87. The monoisotopic (exact) mass is 364 g/mol. The first-order valence-corrected chi connectivity index (χ1v) is 9.35. The van der Waals surface area contributed by atoms with Gasteiger partial charge in [0.15, 0.2) is 11.5 Å². The highest BCUT2D eigenvalue weighted by molar-refractivity contribution is 5.94. The minimum absolute atomic E-state index is 0.00427. The molecular weight excluding hydrogens is 332 g/mol. The van der Waals surface area contributed by atoms with E-state index in [0.717, 1.165) is 32.5 Å². The highest BCUT2D eigenvalue weighted by Crippen LogP contribution is 2.30. The molecule has 1 aliphatic rings. The lowest BCUT2D eigenvalue weighted by molar-refractivity contribution is -0.120. The molecule has 146 valence electrons. The molecule has 2 unspecified atom stereocenters. The Balaban J connectivity index is 1.99. The average molecular weight is 364 g/mol. The zero-order valence-corrected chi connectivity index (χ0v) is 16.4. The molecule has 6 heteroatoms. The van der Waals surface area contributed by atoms with Crippen molar-refractivity contribution in [3.63, 3.8) is 0 Å². The van der Waals surface area contributed by atoms with E-state index in [0.29, 0.717) is 23.1 Å².